The molecule has 0 atom stereocenters. The number of rotatable bonds is 6. The Morgan fingerprint density at radius 2 is 1.78 bits per heavy atom. The minimum absolute atomic E-state index is 0.0325. The van der Waals surface area contributed by atoms with Crippen molar-refractivity contribution in [3.63, 3.8) is 0 Å². The Labute approximate surface area is 265 Å². The summed E-state index contributed by atoms with van der Waals surface area (Å²) in [5.41, 5.74) is -0.0973. The molecule has 0 saturated heterocycles. The minimum atomic E-state index is -4.46. The monoisotopic (exact) mass is 659 g/mol. The number of ether oxygens (including phenoxy) is 1. The predicted molar refractivity (Wildman–Crippen MR) is 166 cm³/mol. The number of aliphatic hydroxyl groups excluding tert-OH is 1. The van der Waals surface area contributed by atoms with E-state index in [0.717, 1.165) is 51.5 Å². The second-order valence-corrected chi connectivity index (χ2v) is 13.3. The van der Waals surface area contributed by atoms with E-state index in [2.05, 4.69) is 24.8 Å². The Bertz CT molecular complexity index is 1760. The molecule has 0 amide bonds. The van der Waals surface area contributed by atoms with Crippen LogP contribution in [0.3, 0.4) is 0 Å². The SMILES string of the molecule is CC(C)(COc1ccn(-c2ncc3nc2-c2ccccc2CCCCCCN(CCO)c2cccc(n2)S(=O)(=O)N3)n1)C(F)(F)F. The number of nitrogens with zero attached hydrogens (tertiary/aromatic N) is 6. The summed E-state index contributed by atoms with van der Waals surface area (Å²) < 4.78 is 76.3. The zero-order chi connectivity index (χ0) is 33.0. The van der Waals surface area contributed by atoms with E-state index in [0.29, 0.717) is 30.2 Å². The van der Waals surface area contributed by atoms with E-state index in [9.17, 15) is 26.7 Å². The number of aromatic nitrogens is 5. The normalized spacial score (nSPS) is 15.8. The lowest BCUT2D eigenvalue weighted by Gasteiger charge is -2.26. The Morgan fingerprint density at radius 1 is 1.00 bits per heavy atom. The van der Waals surface area contributed by atoms with Gasteiger partial charge in [-0.3, -0.25) is 4.72 Å². The van der Waals surface area contributed by atoms with Crippen LogP contribution in [0.25, 0.3) is 17.1 Å². The summed E-state index contributed by atoms with van der Waals surface area (Å²) >= 11 is 0. The minimum Gasteiger partial charge on any atom is -0.476 e. The fourth-order valence-electron chi connectivity index (χ4n) is 4.94. The molecule has 1 aliphatic rings. The number of sulfonamides is 1. The molecule has 5 rings (SSSR count). The van der Waals surface area contributed by atoms with Crippen molar-refractivity contribution in [3.8, 4) is 23.0 Å². The summed E-state index contributed by atoms with van der Waals surface area (Å²) in [6.45, 7) is 2.28. The first-order valence-corrected chi connectivity index (χ1v) is 16.4. The summed E-state index contributed by atoms with van der Waals surface area (Å²) in [6.07, 6.45) is 2.57. The number of hydrogen-bond acceptors (Lipinski definition) is 9. The molecule has 1 aliphatic heterocycles. The average molecular weight is 660 g/mol. The number of alkyl halides is 3. The number of benzene rings is 1. The molecule has 15 heteroatoms. The lowest BCUT2D eigenvalue weighted by Crippen LogP contribution is -2.37. The molecule has 0 fully saturated rings. The van der Waals surface area contributed by atoms with Crippen LogP contribution >= 0.6 is 0 Å². The van der Waals surface area contributed by atoms with Gasteiger partial charge in [0.2, 0.25) is 5.88 Å². The number of nitrogens with one attached hydrogen (secondary N) is 1. The average Bonchev–Trinajstić information content (AvgIpc) is 3.49. The third-order valence-corrected chi connectivity index (χ3v) is 8.95. The number of hydrogen-bond donors (Lipinski definition) is 2. The molecule has 4 bridgehead atoms. The third kappa shape index (κ3) is 7.58. The van der Waals surface area contributed by atoms with Crippen molar-refractivity contribution in [2.45, 2.75) is 57.2 Å². The molecule has 0 aliphatic carbocycles. The maximum atomic E-state index is 13.5. The van der Waals surface area contributed by atoms with E-state index in [1.807, 2.05) is 29.2 Å². The Hall–Kier alpha value is -4.24. The lowest BCUT2D eigenvalue weighted by molar-refractivity contribution is -0.219. The summed E-state index contributed by atoms with van der Waals surface area (Å²) in [5, 5.41) is 13.7. The zero-order valence-electron chi connectivity index (χ0n) is 25.5. The molecule has 1 aromatic carbocycles. The lowest BCUT2D eigenvalue weighted by atomic mass is 9.94. The van der Waals surface area contributed by atoms with Gasteiger partial charge in [0.25, 0.3) is 10.0 Å². The number of aliphatic hydroxyl groups is 1. The Morgan fingerprint density at radius 3 is 2.57 bits per heavy atom. The fraction of sp³-hybridized carbons (Fsp3) is 0.419. The highest BCUT2D eigenvalue weighted by Gasteiger charge is 2.48. The third-order valence-electron chi connectivity index (χ3n) is 7.70. The van der Waals surface area contributed by atoms with Crippen molar-refractivity contribution in [3.05, 3.63) is 66.5 Å². The largest absolute Gasteiger partial charge is 0.476 e. The van der Waals surface area contributed by atoms with Crippen LogP contribution in [-0.4, -0.2) is 70.7 Å². The zero-order valence-corrected chi connectivity index (χ0v) is 26.4. The summed E-state index contributed by atoms with van der Waals surface area (Å²) in [7, 11) is -4.20. The van der Waals surface area contributed by atoms with Crippen molar-refractivity contribution in [2.24, 2.45) is 5.41 Å². The van der Waals surface area contributed by atoms with E-state index in [-0.39, 0.29) is 29.1 Å². The molecular weight excluding hydrogens is 623 g/mol. The maximum Gasteiger partial charge on any atom is 0.397 e. The van der Waals surface area contributed by atoms with Crippen molar-refractivity contribution in [2.75, 3.05) is 35.9 Å². The molecule has 0 saturated carbocycles. The number of β-amino-alcohol motifs (C(OH)–C–C–N with tert-alkyl or cyclic N) is 1. The van der Waals surface area contributed by atoms with Gasteiger partial charge in [-0.2, -0.15) is 21.6 Å². The van der Waals surface area contributed by atoms with Gasteiger partial charge in [0.05, 0.1) is 18.2 Å². The first-order valence-electron chi connectivity index (χ1n) is 14.9. The van der Waals surface area contributed by atoms with Crippen LogP contribution in [0.15, 0.2) is 66.0 Å². The second-order valence-electron chi connectivity index (χ2n) is 11.7. The molecule has 2 N–H and O–H groups in total. The standard InChI is InChI=1S/C31H36F3N7O4S/c1-30(2,31(32,33)34)21-45-26-15-17-41(38-26)29-28-23-12-7-6-11-22(23)10-5-3-4-8-16-40(18-19-42)25-13-9-14-27(37-25)46(43,44)39-24(36-28)20-35-29/h6-7,9,11-15,17,20,42H,3-5,8,10,16,18-19,21H2,1-2H3,(H,36,39). The van der Waals surface area contributed by atoms with E-state index in [1.54, 1.807) is 12.1 Å². The van der Waals surface area contributed by atoms with Gasteiger partial charge in [-0.05, 0) is 50.8 Å². The second kappa shape index (κ2) is 13.6. The Balaban J connectivity index is 1.55. The number of anilines is 2. The first-order chi connectivity index (χ1) is 21.9. The van der Waals surface area contributed by atoms with E-state index in [4.69, 9.17) is 4.74 Å². The van der Waals surface area contributed by atoms with Crippen LogP contribution in [0.5, 0.6) is 5.88 Å². The summed E-state index contributed by atoms with van der Waals surface area (Å²) in [4.78, 5) is 15.4. The fourth-order valence-corrected chi connectivity index (χ4v) is 5.89. The summed E-state index contributed by atoms with van der Waals surface area (Å²) in [5.74, 6) is 0.576. The van der Waals surface area contributed by atoms with E-state index < -0.39 is 28.2 Å². The maximum absolute atomic E-state index is 13.5. The molecule has 4 heterocycles. The van der Waals surface area contributed by atoms with Crippen LogP contribution in [0.2, 0.25) is 0 Å². The van der Waals surface area contributed by atoms with Crippen LogP contribution in [-0.2, 0) is 16.4 Å². The molecule has 3 aromatic heterocycles. The van der Waals surface area contributed by atoms with Gasteiger partial charge in [0, 0.05) is 30.9 Å². The van der Waals surface area contributed by atoms with Crippen molar-refractivity contribution < 1.29 is 31.4 Å². The highest BCUT2D eigenvalue weighted by Crippen LogP contribution is 2.38. The van der Waals surface area contributed by atoms with Gasteiger partial charge in [0.1, 0.15) is 18.1 Å². The van der Waals surface area contributed by atoms with Crippen molar-refractivity contribution >= 4 is 21.7 Å². The van der Waals surface area contributed by atoms with Gasteiger partial charge in [0.15, 0.2) is 16.7 Å². The van der Waals surface area contributed by atoms with Crippen LogP contribution in [0.4, 0.5) is 24.8 Å². The number of halogens is 3. The predicted octanol–water partition coefficient (Wildman–Crippen LogP) is 5.41. The number of fused-ring (bicyclic) bond motifs is 6. The van der Waals surface area contributed by atoms with Gasteiger partial charge < -0.3 is 14.7 Å². The van der Waals surface area contributed by atoms with Crippen LogP contribution in [0, 0.1) is 5.41 Å². The number of pyridine rings is 1. The highest BCUT2D eigenvalue weighted by molar-refractivity contribution is 7.92. The molecule has 0 radical (unpaired) electrons. The van der Waals surface area contributed by atoms with Crippen molar-refractivity contribution in [1.29, 1.82) is 0 Å². The van der Waals surface area contributed by atoms with E-state index >= 15 is 0 Å². The van der Waals surface area contributed by atoms with Crippen LogP contribution < -0.4 is 14.4 Å². The first kappa shape index (κ1) is 33.1. The van der Waals surface area contributed by atoms with E-state index in [1.165, 1.54) is 29.2 Å². The molecule has 4 aromatic rings. The van der Waals surface area contributed by atoms with Gasteiger partial charge in [-0.1, -0.05) is 43.2 Å². The molecule has 0 unspecified atom stereocenters. The smallest absolute Gasteiger partial charge is 0.397 e. The molecule has 246 valence electrons. The number of aryl methyl sites for hydroxylation is 1. The van der Waals surface area contributed by atoms with Gasteiger partial charge in [-0.15, -0.1) is 5.10 Å². The highest BCUT2D eigenvalue weighted by atomic mass is 32.2. The van der Waals surface area contributed by atoms with Gasteiger partial charge >= 0.3 is 6.18 Å². The van der Waals surface area contributed by atoms with Gasteiger partial charge in [-0.25, -0.2) is 19.6 Å². The molecule has 46 heavy (non-hydrogen) atoms. The molecule has 11 nitrogen and oxygen atoms in total. The quantitative estimate of drug-likeness (QED) is 0.279. The molecule has 0 spiro atoms. The molecular formula is C31H36F3N7O4S. The Kier molecular flexibility index (Phi) is 9.82. The topological polar surface area (TPSA) is 135 Å². The van der Waals surface area contributed by atoms with Crippen LogP contribution in [0.1, 0.15) is 45.1 Å². The summed E-state index contributed by atoms with van der Waals surface area (Å²) in [6, 6.07) is 13.7. The van der Waals surface area contributed by atoms with Crippen molar-refractivity contribution in [1.82, 2.24) is 24.7 Å².